The fourth-order valence-electron chi connectivity index (χ4n) is 9.85. The standard InChI is InChI=1S/C18H19N3O.C17H17N3O.C17H15N3.C17H16N2O2/c1-12-4-7-14(8-5-12)18-15(10-17(22)19-3)21-11-13(2)6-9-16(21)20-18;1-11-3-6-13(7-4-11)17-14(9-15(18)21)20-10-12(2)5-8-16(20)19-17;1-12-4-7-14(8-5-12)17-15(10-18-3)20-11-13(2)6-9-16(20)19-17;1-11-3-6-13(7-4-11)17-14(9-16(20)21)19-10-12(2)5-8-15(19)18-17/h4-9,11H,10H2,1-3H3,(H,19,22);3-8,10H,9H2,1-2H3,(H2,18,21);4-9,11H,10H2,1-2H3;3-8,10H,9H2,1-2H3,(H,20,21). The van der Waals surface area contributed by atoms with Gasteiger partial charge in [0.05, 0.1) is 53.4 Å². The first kappa shape index (κ1) is 58.2. The fourth-order valence-corrected chi connectivity index (χ4v) is 9.85. The van der Waals surface area contributed by atoms with Gasteiger partial charge in [0.15, 0.2) is 0 Å². The molecule has 84 heavy (non-hydrogen) atoms. The molecule has 0 fully saturated rings. The Labute approximate surface area is 488 Å². The van der Waals surface area contributed by atoms with Gasteiger partial charge >= 0.3 is 5.97 Å². The van der Waals surface area contributed by atoms with E-state index in [1.807, 2.05) is 181 Å². The summed E-state index contributed by atoms with van der Waals surface area (Å²) in [6, 6.07) is 48.5. The number of imidazole rings is 4. The Kier molecular flexibility index (Phi) is 17.7. The van der Waals surface area contributed by atoms with Crippen LogP contribution in [0.5, 0.6) is 0 Å². The summed E-state index contributed by atoms with van der Waals surface area (Å²) < 4.78 is 7.87. The van der Waals surface area contributed by atoms with Gasteiger partial charge in [-0.2, -0.15) is 0 Å². The van der Waals surface area contributed by atoms with E-state index in [4.69, 9.17) is 22.3 Å². The molecule has 2 amide bonds. The molecular formula is C69H67N11O4. The molecule has 12 aromatic rings. The second-order valence-corrected chi connectivity index (χ2v) is 21.2. The monoisotopic (exact) mass is 1110 g/mol. The Morgan fingerprint density at radius 3 is 0.952 bits per heavy atom. The molecule has 0 aliphatic rings. The van der Waals surface area contributed by atoms with Gasteiger partial charge in [-0.3, -0.25) is 18.8 Å². The van der Waals surface area contributed by atoms with Crippen LogP contribution in [0.15, 0.2) is 170 Å². The van der Waals surface area contributed by atoms with E-state index in [0.29, 0.717) is 18.7 Å². The number of primary amides is 1. The van der Waals surface area contributed by atoms with Crippen LogP contribution in [0, 0.1) is 62.0 Å². The summed E-state index contributed by atoms with van der Waals surface area (Å²) in [4.78, 5) is 56.7. The lowest BCUT2D eigenvalue weighted by molar-refractivity contribution is -0.136. The summed E-state index contributed by atoms with van der Waals surface area (Å²) in [6.45, 7) is 23.8. The molecule has 15 heteroatoms. The minimum absolute atomic E-state index is 0.0170. The van der Waals surface area contributed by atoms with Gasteiger partial charge in [-0.1, -0.05) is 144 Å². The largest absolute Gasteiger partial charge is 0.481 e. The minimum atomic E-state index is -0.855. The number of likely N-dealkylation sites (N-methyl/N-ethyl adjacent to an activating group) is 1. The van der Waals surface area contributed by atoms with E-state index in [9.17, 15) is 19.5 Å². The number of fused-ring (bicyclic) bond motifs is 4. The first-order chi connectivity index (χ1) is 40.3. The molecule has 0 atom stereocenters. The van der Waals surface area contributed by atoms with Gasteiger partial charge in [0.1, 0.15) is 34.0 Å². The number of nitrogens with one attached hydrogen (secondary N) is 1. The number of hydrogen-bond donors (Lipinski definition) is 3. The van der Waals surface area contributed by atoms with Crippen molar-refractivity contribution in [3.8, 4) is 45.0 Å². The lowest BCUT2D eigenvalue weighted by atomic mass is 10.1. The molecule has 4 aromatic carbocycles. The number of aryl methyl sites for hydroxylation is 8. The summed E-state index contributed by atoms with van der Waals surface area (Å²) in [5.41, 5.74) is 28.8. The number of nitrogens with zero attached hydrogens (tertiary/aromatic N) is 9. The van der Waals surface area contributed by atoms with Crippen molar-refractivity contribution in [3.05, 3.63) is 249 Å². The lowest BCUT2D eigenvalue weighted by Gasteiger charge is -2.06. The molecule has 4 N–H and O–H groups in total. The summed E-state index contributed by atoms with van der Waals surface area (Å²) in [5, 5.41) is 11.9. The van der Waals surface area contributed by atoms with E-state index >= 15 is 0 Å². The van der Waals surface area contributed by atoms with Gasteiger partial charge in [-0.25, -0.2) is 26.5 Å². The van der Waals surface area contributed by atoms with Crippen LogP contribution in [0.25, 0.3) is 72.5 Å². The summed E-state index contributed by atoms with van der Waals surface area (Å²) in [6.07, 6.45) is 8.42. The third kappa shape index (κ3) is 13.5. The highest BCUT2D eigenvalue weighted by atomic mass is 16.4. The second-order valence-electron chi connectivity index (χ2n) is 21.2. The van der Waals surface area contributed by atoms with Crippen LogP contribution in [0.4, 0.5) is 0 Å². The van der Waals surface area contributed by atoms with Crippen molar-refractivity contribution in [1.82, 2.24) is 42.9 Å². The number of carboxylic acid groups (broad SMARTS) is 1. The number of aliphatic carboxylic acids is 1. The van der Waals surface area contributed by atoms with Crippen LogP contribution in [-0.2, 0) is 40.2 Å². The predicted molar refractivity (Wildman–Crippen MR) is 333 cm³/mol. The molecule has 422 valence electrons. The maximum absolute atomic E-state index is 11.9. The van der Waals surface area contributed by atoms with E-state index in [0.717, 1.165) is 113 Å². The molecule has 0 aliphatic carbocycles. The molecule has 15 nitrogen and oxygen atoms in total. The summed E-state index contributed by atoms with van der Waals surface area (Å²) in [7, 11) is 1.66. The van der Waals surface area contributed by atoms with E-state index in [1.54, 1.807) is 7.05 Å². The topological polar surface area (TPSA) is 183 Å². The van der Waals surface area contributed by atoms with E-state index in [-0.39, 0.29) is 24.7 Å². The predicted octanol–water partition coefficient (Wildman–Crippen LogP) is 12.8. The normalized spacial score (nSPS) is 10.9. The number of carbonyl (C=O) groups excluding carboxylic acids is 2. The number of rotatable bonds is 11. The zero-order chi connectivity index (χ0) is 59.8. The number of pyridine rings is 4. The van der Waals surface area contributed by atoms with Crippen LogP contribution in [-0.4, -0.2) is 67.5 Å². The Hall–Kier alpha value is -10.5. The van der Waals surface area contributed by atoms with Crippen LogP contribution in [0.3, 0.4) is 0 Å². The van der Waals surface area contributed by atoms with Crippen molar-refractivity contribution in [1.29, 1.82) is 0 Å². The zero-order valence-corrected chi connectivity index (χ0v) is 48.8. The molecule has 0 spiro atoms. The maximum Gasteiger partial charge on any atom is 0.309 e. The SMILES string of the molecule is CNC(=O)Cc1c(-c2ccc(C)cc2)nc2ccc(C)cn12.Cc1ccc(-c2nc3ccc(C)cn3c2CC(=O)O)cc1.Cc1ccc(-c2nc3ccc(C)cn3c2CC(N)=O)cc1.[C-]#[N+]Cc1c(-c2ccc(C)cc2)nc2ccc(C)cn12. The van der Waals surface area contributed by atoms with Gasteiger partial charge in [-0.15, -0.1) is 0 Å². The molecule has 0 aliphatic heterocycles. The summed E-state index contributed by atoms with van der Waals surface area (Å²) >= 11 is 0. The number of aromatic nitrogens is 8. The van der Waals surface area contributed by atoms with Crippen LogP contribution < -0.4 is 11.1 Å². The Balaban J connectivity index is 0.000000134. The number of benzene rings is 4. The first-order valence-electron chi connectivity index (χ1n) is 27.6. The van der Waals surface area contributed by atoms with E-state index < -0.39 is 5.97 Å². The smallest absolute Gasteiger partial charge is 0.309 e. The molecule has 8 aromatic heterocycles. The highest BCUT2D eigenvalue weighted by Gasteiger charge is 2.20. The van der Waals surface area contributed by atoms with Gasteiger partial charge in [0, 0.05) is 54.1 Å². The van der Waals surface area contributed by atoms with Crippen LogP contribution in [0.2, 0.25) is 0 Å². The average Bonchev–Trinajstić information content (AvgIpc) is 2.26. The van der Waals surface area contributed by atoms with Gasteiger partial charge in [0.2, 0.25) is 11.8 Å². The van der Waals surface area contributed by atoms with Gasteiger partial charge in [-0.05, 0) is 102 Å². The maximum atomic E-state index is 11.9. The molecular weight excluding hydrogens is 1050 g/mol. The van der Waals surface area contributed by atoms with Gasteiger partial charge in [0.25, 0.3) is 6.54 Å². The van der Waals surface area contributed by atoms with Crippen molar-refractivity contribution >= 4 is 40.4 Å². The molecule has 0 unspecified atom stereocenters. The highest BCUT2D eigenvalue weighted by molar-refractivity contribution is 5.82. The molecule has 0 saturated carbocycles. The molecule has 0 saturated heterocycles. The summed E-state index contributed by atoms with van der Waals surface area (Å²) in [5.74, 6) is -1.23. The number of hydrogen-bond acceptors (Lipinski definition) is 7. The number of nitrogens with two attached hydrogens (primary N) is 1. The van der Waals surface area contributed by atoms with E-state index in [1.165, 1.54) is 16.7 Å². The quantitative estimate of drug-likeness (QED) is 0.107. The Morgan fingerprint density at radius 1 is 0.417 bits per heavy atom. The van der Waals surface area contributed by atoms with Crippen LogP contribution in [0.1, 0.15) is 67.3 Å². The second kappa shape index (κ2) is 25.6. The Morgan fingerprint density at radius 2 is 0.679 bits per heavy atom. The van der Waals surface area contributed by atoms with Crippen molar-refractivity contribution in [2.24, 2.45) is 5.73 Å². The highest BCUT2D eigenvalue weighted by Crippen LogP contribution is 2.30. The number of carbonyl (C=O) groups is 3. The third-order valence-corrected chi connectivity index (χ3v) is 14.3. The van der Waals surface area contributed by atoms with Crippen molar-refractivity contribution in [2.75, 3.05) is 7.05 Å². The third-order valence-electron chi connectivity index (χ3n) is 14.3. The molecule has 8 heterocycles. The fraction of sp³-hybridized carbons (Fsp3) is 0.188. The number of carboxylic acids is 1. The zero-order valence-electron chi connectivity index (χ0n) is 48.8. The molecule has 12 rings (SSSR count). The molecule has 0 radical (unpaired) electrons. The first-order valence-corrected chi connectivity index (χ1v) is 27.6. The molecule has 0 bridgehead atoms. The van der Waals surface area contributed by atoms with Gasteiger partial charge < -0.3 is 34.2 Å². The minimum Gasteiger partial charge on any atom is -0.481 e. The van der Waals surface area contributed by atoms with Crippen LogP contribution >= 0.6 is 0 Å². The lowest BCUT2D eigenvalue weighted by Crippen LogP contribution is -2.21. The average molecular weight is 1110 g/mol. The van der Waals surface area contributed by atoms with Crippen molar-refractivity contribution < 1.29 is 19.5 Å². The van der Waals surface area contributed by atoms with Crippen molar-refractivity contribution in [2.45, 2.75) is 81.2 Å². The Bertz CT molecular complexity index is 4270. The van der Waals surface area contributed by atoms with Crippen molar-refractivity contribution in [3.63, 3.8) is 0 Å². The van der Waals surface area contributed by atoms with E-state index in [2.05, 4.69) is 82.5 Å². The number of amides is 2.